The molecule has 0 spiro atoms. The van der Waals surface area contributed by atoms with Crippen LogP contribution >= 0.6 is 46.6 Å². The van der Waals surface area contributed by atoms with E-state index in [1.54, 1.807) is 36.4 Å². The minimum atomic E-state index is -0.874. The van der Waals surface area contributed by atoms with Gasteiger partial charge < -0.3 is 25.3 Å². The molecule has 0 bridgehead atoms. The van der Waals surface area contributed by atoms with Crippen molar-refractivity contribution >= 4 is 64.1 Å². The molecule has 3 aromatic carbocycles. The summed E-state index contributed by atoms with van der Waals surface area (Å²) >= 11 is 8.45. The fourth-order valence-corrected chi connectivity index (χ4v) is 4.42. The Morgan fingerprint density at radius 1 is 1.11 bits per heavy atom. The van der Waals surface area contributed by atoms with Gasteiger partial charge >= 0.3 is 5.97 Å². The Morgan fingerprint density at radius 2 is 1.80 bits per heavy atom. The first-order chi connectivity index (χ1) is 16.4. The van der Waals surface area contributed by atoms with Crippen LogP contribution in [0, 0.1) is 8.98 Å². The van der Waals surface area contributed by atoms with Crippen molar-refractivity contribution in [2.45, 2.75) is 12.6 Å². The normalized spacial score (nSPS) is 11.2. The second-order valence-electron chi connectivity index (χ2n) is 7.28. The molecule has 0 radical (unpaired) electrons. The Kier molecular flexibility index (Phi) is 11.6. The van der Waals surface area contributed by atoms with Gasteiger partial charge in [-0.05, 0) is 64.6 Å². The van der Waals surface area contributed by atoms with Crippen LogP contribution < -0.4 is 15.8 Å². The number of nitrogen functional groups attached to an aromatic ring is 1. The number of hydrogen-bond acceptors (Lipinski definition) is 6. The van der Waals surface area contributed by atoms with Gasteiger partial charge in [0.25, 0.3) is 0 Å². The van der Waals surface area contributed by atoms with E-state index >= 15 is 0 Å². The minimum Gasteiger partial charge on any atom is -0.490 e. The Balaban J connectivity index is 0.00000432. The van der Waals surface area contributed by atoms with Crippen LogP contribution in [-0.4, -0.2) is 32.1 Å². The van der Waals surface area contributed by atoms with Crippen molar-refractivity contribution in [3.63, 3.8) is 0 Å². The second kappa shape index (κ2) is 14.1. The van der Waals surface area contributed by atoms with E-state index in [0.717, 1.165) is 9.13 Å². The molecule has 0 saturated carbocycles. The lowest BCUT2D eigenvalue weighted by Crippen LogP contribution is -2.24. The van der Waals surface area contributed by atoms with Crippen LogP contribution in [-0.2, 0) is 20.9 Å². The summed E-state index contributed by atoms with van der Waals surface area (Å²) in [7, 11) is 1.32. The van der Waals surface area contributed by atoms with E-state index in [0.29, 0.717) is 47.4 Å². The quantitative estimate of drug-likeness (QED) is 0.0842. The van der Waals surface area contributed by atoms with Gasteiger partial charge in [0, 0.05) is 21.8 Å². The SMILES string of the molecule is COC(=O)C(Nc1ccc(C(=N)N)cc1)c1cc(Cl)cc(I)c1OCCOCc1ccccc1.Cl. The molecular weight excluding hydrogens is 604 g/mol. The number of anilines is 1. The molecule has 0 fully saturated rings. The fraction of sp³-hybridized carbons (Fsp3) is 0.200. The van der Waals surface area contributed by atoms with Gasteiger partial charge in [-0.3, -0.25) is 5.41 Å². The summed E-state index contributed by atoms with van der Waals surface area (Å²) in [6.45, 7) is 1.14. The summed E-state index contributed by atoms with van der Waals surface area (Å²) < 4.78 is 17.6. The van der Waals surface area contributed by atoms with E-state index in [2.05, 4.69) is 27.9 Å². The number of nitrogens with two attached hydrogens (primary N) is 1. The van der Waals surface area contributed by atoms with Crippen LogP contribution in [0.5, 0.6) is 5.75 Å². The van der Waals surface area contributed by atoms with Crippen molar-refractivity contribution in [2.24, 2.45) is 5.73 Å². The molecule has 7 nitrogen and oxygen atoms in total. The summed E-state index contributed by atoms with van der Waals surface area (Å²) in [5.74, 6) is -0.0129. The lowest BCUT2D eigenvalue weighted by Gasteiger charge is -2.22. The molecule has 1 unspecified atom stereocenters. The smallest absolute Gasteiger partial charge is 0.333 e. The van der Waals surface area contributed by atoms with Gasteiger partial charge in [0.2, 0.25) is 0 Å². The minimum absolute atomic E-state index is 0. The third-order valence-electron chi connectivity index (χ3n) is 4.88. The molecule has 4 N–H and O–H groups in total. The standard InChI is InChI=1S/C25H25ClIN3O4.ClH/c1-32-25(31)22(30-19-9-7-17(8-10-19)24(28)29)20-13-18(26)14-21(27)23(20)34-12-11-33-15-16-5-3-2-4-6-16;/h2-10,13-14,22,30H,11-12,15H2,1H3,(H3,28,29);1H. The van der Waals surface area contributed by atoms with Gasteiger partial charge in [-0.2, -0.15) is 0 Å². The van der Waals surface area contributed by atoms with E-state index in [1.165, 1.54) is 7.11 Å². The van der Waals surface area contributed by atoms with Crippen LogP contribution in [0.2, 0.25) is 5.02 Å². The van der Waals surface area contributed by atoms with Crippen molar-refractivity contribution in [1.82, 2.24) is 0 Å². The highest BCUT2D eigenvalue weighted by Crippen LogP contribution is 2.36. The number of methoxy groups -OCH3 is 1. The molecule has 35 heavy (non-hydrogen) atoms. The average molecular weight is 630 g/mol. The van der Waals surface area contributed by atoms with Gasteiger partial charge in [0.15, 0.2) is 6.04 Å². The van der Waals surface area contributed by atoms with Crippen LogP contribution in [0.4, 0.5) is 5.69 Å². The number of benzene rings is 3. The number of halogens is 3. The highest BCUT2D eigenvalue weighted by Gasteiger charge is 2.27. The van der Waals surface area contributed by atoms with Crippen molar-refractivity contribution in [1.29, 1.82) is 5.41 Å². The topological polar surface area (TPSA) is 107 Å². The largest absolute Gasteiger partial charge is 0.490 e. The maximum absolute atomic E-state index is 12.7. The van der Waals surface area contributed by atoms with E-state index in [9.17, 15) is 4.79 Å². The maximum atomic E-state index is 12.7. The first kappa shape index (κ1) is 28.7. The molecule has 0 heterocycles. The molecule has 0 amide bonds. The van der Waals surface area contributed by atoms with Gasteiger partial charge in [-0.25, -0.2) is 4.79 Å². The molecule has 0 aliphatic carbocycles. The van der Waals surface area contributed by atoms with E-state index < -0.39 is 12.0 Å². The van der Waals surface area contributed by atoms with Crippen molar-refractivity contribution in [3.8, 4) is 5.75 Å². The zero-order chi connectivity index (χ0) is 24.5. The second-order valence-corrected chi connectivity index (χ2v) is 8.88. The van der Waals surface area contributed by atoms with Gasteiger partial charge in [0.05, 0.1) is 23.9 Å². The van der Waals surface area contributed by atoms with Crippen LogP contribution in [0.25, 0.3) is 0 Å². The highest BCUT2D eigenvalue weighted by molar-refractivity contribution is 14.1. The monoisotopic (exact) mass is 629 g/mol. The number of rotatable bonds is 11. The molecule has 0 aromatic heterocycles. The summed E-state index contributed by atoms with van der Waals surface area (Å²) in [6.07, 6.45) is 0. The molecule has 0 saturated heterocycles. The maximum Gasteiger partial charge on any atom is 0.333 e. The predicted molar refractivity (Wildman–Crippen MR) is 149 cm³/mol. The molecule has 3 rings (SSSR count). The molecular formula is C25H26Cl2IN3O4. The van der Waals surface area contributed by atoms with Crippen molar-refractivity contribution in [3.05, 3.63) is 92.0 Å². The van der Waals surface area contributed by atoms with Gasteiger partial charge in [-0.1, -0.05) is 41.9 Å². The number of carbonyl (C=O) groups excluding carboxylic acids is 1. The average Bonchev–Trinajstić information content (AvgIpc) is 2.83. The fourth-order valence-electron chi connectivity index (χ4n) is 3.21. The number of nitrogens with one attached hydrogen (secondary N) is 2. The van der Waals surface area contributed by atoms with Gasteiger partial charge in [0.1, 0.15) is 18.2 Å². The first-order valence-electron chi connectivity index (χ1n) is 10.4. The summed E-state index contributed by atoms with van der Waals surface area (Å²) in [4.78, 5) is 12.7. The number of hydrogen-bond donors (Lipinski definition) is 3. The zero-order valence-electron chi connectivity index (χ0n) is 18.9. The van der Waals surface area contributed by atoms with Crippen LogP contribution in [0.3, 0.4) is 0 Å². The highest BCUT2D eigenvalue weighted by atomic mass is 127. The third kappa shape index (κ3) is 8.28. The number of amidine groups is 1. The van der Waals surface area contributed by atoms with Crippen LogP contribution in [0.15, 0.2) is 66.7 Å². The Bertz CT molecular complexity index is 1130. The van der Waals surface area contributed by atoms with Gasteiger partial charge in [-0.15, -0.1) is 12.4 Å². The van der Waals surface area contributed by atoms with Crippen LogP contribution in [0.1, 0.15) is 22.7 Å². The molecule has 1 atom stereocenters. The molecule has 3 aromatic rings. The van der Waals surface area contributed by atoms with Crippen molar-refractivity contribution < 1.29 is 19.0 Å². The number of esters is 1. The summed E-state index contributed by atoms with van der Waals surface area (Å²) in [5, 5.41) is 11.2. The first-order valence-corrected chi connectivity index (χ1v) is 11.9. The lowest BCUT2D eigenvalue weighted by atomic mass is 10.0. The third-order valence-corrected chi connectivity index (χ3v) is 5.90. The zero-order valence-corrected chi connectivity index (χ0v) is 22.7. The van der Waals surface area contributed by atoms with E-state index in [-0.39, 0.29) is 18.2 Å². The number of ether oxygens (including phenoxy) is 3. The number of carbonyl (C=O) groups is 1. The molecule has 0 aliphatic rings. The Morgan fingerprint density at radius 3 is 2.43 bits per heavy atom. The molecule has 0 aliphatic heterocycles. The molecule has 186 valence electrons. The lowest BCUT2D eigenvalue weighted by molar-refractivity contribution is -0.141. The molecule has 10 heteroatoms. The summed E-state index contributed by atoms with van der Waals surface area (Å²) in [6, 6.07) is 19.3. The summed E-state index contributed by atoms with van der Waals surface area (Å²) in [5.41, 5.74) is 8.38. The van der Waals surface area contributed by atoms with E-state index in [4.69, 9.17) is 37.0 Å². The van der Waals surface area contributed by atoms with E-state index in [1.807, 2.05) is 30.3 Å². The van der Waals surface area contributed by atoms with Crippen molar-refractivity contribution in [2.75, 3.05) is 25.6 Å². The Hall–Kier alpha value is -2.53. The Labute approximate surface area is 229 Å². The predicted octanol–water partition coefficient (Wildman–Crippen LogP) is 5.57.